The van der Waals surface area contributed by atoms with Gasteiger partial charge in [-0.25, -0.2) is 9.59 Å². The van der Waals surface area contributed by atoms with Crippen molar-refractivity contribution in [1.82, 2.24) is 4.90 Å². The Balaban J connectivity index is 1.42. The van der Waals surface area contributed by atoms with Crippen LogP contribution in [0.2, 0.25) is 5.04 Å². The van der Waals surface area contributed by atoms with Crippen molar-refractivity contribution in [1.29, 1.82) is 0 Å². The van der Waals surface area contributed by atoms with E-state index < -0.39 is 43.3 Å². The van der Waals surface area contributed by atoms with Crippen LogP contribution in [-0.2, 0) is 20.8 Å². The second-order valence-corrected chi connectivity index (χ2v) is 16.8. The Labute approximate surface area is 272 Å². The Morgan fingerprint density at radius 2 is 1.30 bits per heavy atom. The van der Waals surface area contributed by atoms with Crippen molar-refractivity contribution in [3.63, 3.8) is 0 Å². The van der Waals surface area contributed by atoms with E-state index in [9.17, 15) is 14.4 Å². The van der Waals surface area contributed by atoms with E-state index in [1.165, 1.54) is 0 Å². The van der Waals surface area contributed by atoms with Gasteiger partial charge in [0.2, 0.25) is 0 Å². The molecule has 0 spiro atoms. The SMILES string of the molecule is CC1(C)O[C@H](COC(=O)c2ccccc2)[C@@H](CCC(C)(C)[Si](O)(c2ccccc2)c2ccccc2)N1C(=O)OCc1ccccc1. The molecule has 0 aromatic heterocycles. The van der Waals surface area contributed by atoms with Crippen LogP contribution in [0.25, 0.3) is 0 Å². The smallest absolute Gasteiger partial charge is 0.412 e. The van der Waals surface area contributed by atoms with Gasteiger partial charge < -0.3 is 19.0 Å². The standard InChI is InChI=1S/C38H43NO6Si/c1-37(2,46(42,31-21-13-7-14-22-31)32-23-15-8-16-24-32)26-25-33-34(28-43-35(40)30-19-11-6-12-20-30)45-38(3,4)39(33)36(41)44-27-29-17-9-5-10-18-29/h5-24,33-34,42H,25-28H2,1-4H3/t33-,34-/m1/s1. The normalized spacial score (nSPS) is 17.8. The molecule has 1 N–H and O–H groups in total. The number of rotatable bonds is 11. The number of amides is 1. The molecule has 4 aromatic rings. The minimum absolute atomic E-state index is 0.0379. The lowest BCUT2D eigenvalue weighted by Crippen LogP contribution is -2.65. The van der Waals surface area contributed by atoms with Crippen molar-refractivity contribution in [2.24, 2.45) is 0 Å². The predicted octanol–water partition coefficient (Wildman–Crippen LogP) is 6.30. The Morgan fingerprint density at radius 1 is 0.804 bits per heavy atom. The van der Waals surface area contributed by atoms with Crippen LogP contribution in [0.15, 0.2) is 121 Å². The minimum Gasteiger partial charge on any atom is -0.459 e. The van der Waals surface area contributed by atoms with Crippen LogP contribution in [0.3, 0.4) is 0 Å². The molecule has 0 unspecified atom stereocenters. The maximum absolute atomic E-state index is 13.8. The van der Waals surface area contributed by atoms with Crippen LogP contribution in [0.4, 0.5) is 4.79 Å². The number of carbonyl (C=O) groups is 2. The molecular weight excluding hydrogens is 595 g/mol. The number of nitrogens with zero attached hydrogens (tertiary/aromatic N) is 1. The third kappa shape index (κ3) is 7.09. The molecule has 46 heavy (non-hydrogen) atoms. The molecule has 1 aliphatic heterocycles. The van der Waals surface area contributed by atoms with Crippen molar-refractivity contribution in [2.75, 3.05) is 6.61 Å². The zero-order valence-electron chi connectivity index (χ0n) is 27.0. The average Bonchev–Trinajstić information content (AvgIpc) is 3.35. The van der Waals surface area contributed by atoms with Gasteiger partial charge in [0.1, 0.15) is 25.0 Å². The summed E-state index contributed by atoms with van der Waals surface area (Å²) in [6.45, 7) is 7.93. The summed E-state index contributed by atoms with van der Waals surface area (Å²) in [5, 5.41) is 1.27. The molecular formula is C38H43NO6Si. The molecule has 1 amide bonds. The van der Waals surface area contributed by atoms with Crippen molar-refractivity contribution in [3.8, 4) is 0 Å². The first-order chi connectivity index (χ1) is 22.0. The molecule has 1 saturated heterocycles. The highest BCUT2D eigenvalue weighted by atomic mass is 28.4. The van der Waals surface area contributed by atoms with Crippen LogP contribution in [-0.4, -0.2) is 54.6 Å². The second kappa shape index (κ2) is 14.0. The third-order valence-electron chi connectivity index (χ3n) is 9.00. The Hall–Kier alpha value is -4.24. The van der Waals surface area contributed by atoms with Crippen LogP contribution < -0.4 is 10.4 Å². The molecule has 4 aromatic carbocycles. The third-order valence-corrected chi connectivity index (χ3v) is 13.5. The molecule has 8 heteroatoms. The van der Waals surface area contributed by atoms with Gasteiger partial charge in [0, 0.05) is 0 Å². The monoisotopic (exact) mass is 637 g/mol. The second-order valence-electron chi connectivity index (χ2n) is 12.9. The van der Waals surface area contributed by atoms with Gasteiger partial charge in [-0.15, -0.1) is 0 Å². The summed E-state index contributed by atoms with van der Waals surface area (Å²) in [4.78, 5) is 41.1. The van der Waals surface area contributed by atoms with Gasteiger partial charge in [0.25, 0.3) is 8.32 Å². The first-order valence-electron chi connectivity index (χ1n) is 15.8. The number of hydrogen-bond acceptors (Lipinski definition) is 6. The lowest BCUT2D eigenvalue weighted by atomic mass is 9.98. The first kappa shape index (κ1) is 33.1. The predicted molar refractivity (Wildman–Crippen MR) is 181 cm³/mol. The number of benzene rings is 4. The van der Waals surface area contributed by atoms with E-state index in [4.69, 9.17) is 14.2 Å². The molecule has 1 heterocycles. The first-order valence-corrected chi connectivity index (χ1v) is 17.7. The van der Waals surface area contributed by atoms with E-state index in [-0.39, 0.29) is 13.2 Å². The Bertz CT molecular complexity index is 1540. The van der Waals surface area contributed by atoms with E-state index in [0.29, 0.717) is 18.4 Å². The van der Waals surface area contributed by atoms with Crippen molar-refractivity contribution in [2.45, 2.75) is 70.1 Å². The highest BCUT2D eigenvalue weighted by Crippen LogP contribution is 2.43. The number of esters is 1. The molecule has 0 bridgehead atoms. The van der Waals surface area contributed by atoms with Gasteiger partial charge >= 0.3 is 12.1 Å². The molecule has 0 saturated carbocycles. The highest BCUT2D eigenvalue weighted by molar-refractivity contribution is 6.98. The van der Waals surface area contributed by atoms with Gasteiger partial charge in [0.15, 0.2) is 0 Å². The summed E-state index contributed by atoms with van der Waals surface area (Å²) in [6, 6.07) is 37.6. The average molecular weight is 638 g/mol. The van der Waals surface area contributed by atoms with Gasteiger partial charge in [-0.3, -0.25) is 4.90 Å². The topological polar surface area (TPSA) is 85.3 Å². The van der Waals surface area contributed by atoms with E-state index in [2.05, 4.69) is 13.8 Å². The van der Waals surface area contributed by atoms with E-state index >= 15 is 0 Å². The summed E-state index contributed by atoms with van der Waals surface area (Å²) >= 11 is 0. The number of ether oxygens (including phenoxy) is 3. The van der Waals surface area contributed by atoms with E-state index in [1.807, 2.05) is 111 Å². The zero-order valence-corrected chi connectivity index (χ0v) is 28.0. The molecule has 2 atom stereocenters. The lowest BCUT2D eigenvalue weighted by molar-refractivity contribution is -0.0827. The van der Waals surface area contributed by atoms with Crippen LogP contribution >= 0.6 is 0 Å². The fourth-order valence-electron chi connectivity index (χ4n) is 6.49. The minimum atomic E-state index is -3.31. The van der Waals surface area contributed by atoms with Crippen molar-refractivity contribution < 1.29 is 28.6 Å². The summed E-state index contributed by atoms with van der Waals surface area (Å²) in [5.41, 5.74) is 0.291. The molecule has 240 valence electrons. The summed E-state index contributed by atoms with van der Waals surface area (Å²) in [7, 11) is -3.31. The van der Waals surface area contributed by atoms with E-state index in [0.717, 1.165) is 15.9 Å². The molecule has 1 fully saturated rings. The van der Waals surface area contributed by atoms with Crippen LogP contribution in [0, 0.1) is 0 Å². The Kier molecular flexibility index (Phi) is 10.1. The Morgan fingerprint density at radius 3 is 1.85 bits per heavy atom. The van der Waals surface area contributed by atoms with Gasteiger partial charge in [0.05, 0.1) is 11.6 Å². The van der Waals surface area contributed by atoms with Crippen molar-refractivity contribution >= 4 is 30.8 Å². The largest absolute Gasteiger partial charge is 0.459 e. The van der Waals surface area contributed by atoms with Gasteiger partial charge in [-0.2, -0.15) is 0 Å². The van der Waals surface area contributed by atoms with Crippen LogP contribution in [0.1, 0.15) is 56.5 Å². The molecule has 0 radical (unpaired) electrons. The molecule has 1 aliphatic rings. The molecule has 5 rings (SSSR count). The maximum Gasteiger partial charge on any atom is 0.412 e. The summed E-state index contributed by atoms with van der Waals surface area (Å²) < 4.78 is 18.0. The quantitative estimate of drug-likeness (QED) is 0.154. The van der Waals surface area contributed by atoms with Gasteiger partial charge in [-0.05, 0) is 59.8 Å². The van der Waals surface area contributed by atoms with Crippen molar-refractivity contribution in [3.05, 3.63) is 132 Å². The summed E-state index contributed by atoms with van der Waals surface area (Å²) in [5.74, 6) is -0.457. The number of hydrogen-bond donors (Lipinski definition) is 1. The molecule has 7 nitrogen and oxygen atoms in total. The van der Waals surface area contributed by atoms with E-state index in [1.54, 1.807) is 29.2 Å². The molecule has 0 aliphatic carbocycles. The fourth-order valence-corrected chi connectivity index (χ4v) is 10.2. The fraction of sp³-hybridized carbons (Fsp3) is 0.316. The highest BCUT2D eigenvalue weighted by Gasteiger charge is 2.54. The summed E-state index contributed by atoms with van der Waals surface area (Å²) in [6.07, 6.45) is -0.0626. The number of carbonyl (C=O) groups excluding carboxylic acids is 2. The maximum atomic E-state index is 13.8. The lowest BCUT2D eigenvalue weighted by Gasteiger charge is -2.42. The van der Waals surface area contributed by atoms with Crippen LogP contribution in [0.5, 0.6) is 0 Å². The van der Waals surface area contributed by atoms with Gasteiger partial charge in [-0.1, -0.05) is 123 Å². The zero-order chi connectivity index (χ0) is 32.8.